The van der Waals surface area contributed by atoms with Crippen molar-refractivity contribution in [1.82, 2.24) is 35.6 Å². The minimum atomic E-state index is -0.0249. The van der Waals surface area contributed by atoms with Crippen LogP contribution in [0.15, 0.2) is 0 Å². The van der Waals surface area contributed by atoms with E-state index in [1.54, 1.807) is 6.92 Å². The van der Waals surface area contributed by atoms with Gasteiger partial charge in [0.25, 0.3) is 0 Å². The normalized spacial score (nSPS) is 11.4. The summed E-state index contributed by atoms with van der Waals surface area (Å²) in [5, 5.41) is 8.84. The number of rotatable bonds is 26. The van der Waals surface area contributed by atoms with Gasteiger partial charge in [-0.25, -0.2) is 0 Å². The smallest absolute Gasteiger partial charge is 0.221 e. The van der Waals surface area contributed by atoms with Crippen molar-refractivity contribution in [3.8, 4) is 0 Å². The molecule has 40 heavy (non-hydrogen) atoms. The molecule has 0 bridgehead atoms. The summed E-state index contributed by atoms with van der Waals surface area (Å²) in [5.41, 5.74) is 0. The lowest BCUT2D eigenvalue weighted by atomic mass is 10.2. The summed E-state index contributed by atoms with van der Waals surface area (Å²) in [4.78, 5) is 56.9. The Balaban J connectivity index is 4.26. The molecule has 0 fully saturated rings. The SMILES string of the molecule is CCCNC(=O)CCN(CCNC(=O)CCN(CC)CCNC(=O)CCN(CC)CCN(C)CC)CCC(C)=O. The predicted molar refractivity (Wildman–Crippen MR) is 162 cm³/mol. The van der Waals surface area contributed by atoms with Crippen molar-refractivity contribution >= 4 is 23.5 Å². The minimum absolute atomic E-state index is 0.00734. The zero-order valence-electron chi connectivity index (χ0n) is 26.4. The first-order chi connectivity index (χ1) is 19.1. The highest BCUT2D eigenvalue weighted by Gasteiger charge is 2.12. The Bertz CT molecular complexity index is 708. The number of hydrogen-bond donors (Lipinski definition) is 3. The third kappa shape index (κ3) is 21.7. The van der Waals surface area contributed by atoms with Gasteiger partial charge in [0.15, 0.2) is 0 Å². The van der Waals surface area contributed by atoms with Gasteiger partial charge < -0.3 is 35.6 Å². The van der Waals surface area contributed by atoms with Crippen LogP contribution in [0.3, 0.4) is 0 Å². The number of carbonyl (C=O) groups is 4. The van der Waals surface area contributed by atoms with E-state index in [0.29, 0.717) is 78.0 Å². The first kappa shape index (κ1) is 37.9. The van der Waals surface area contributed by atoms with Crippen molar-refractivity contribution < 1.29 is 19.2 Å². The van der Waals surface area contributed by atoms with Crippen LogP contribution >= 0.6 is 0 Å². The zero-order chi connectivity index (χ0) is 30.2. The van der Waals surface area contributed by atoms with Crippen LogP contribution in [-0.2, 0) is 19.2 Å². The van der Waals surface area contributed by atoms with Gasteiger partial charge in [-0.2, -0.15) is 0 Å². The van der Waals surface area contributed by atoms with Crippen molar-refractivity contribution in [1.29, 1.82) is 0 Å². The molecule has 3 N–H and O–H groups in total. The summed E-state index contributed by atoms with van der Waals surface area (Å²) in [5.74, 6) is 0.156. The summed E-state index contributed by atoms with van der Waals surface area (Å²) in [6.45, 7) is 20.1. The van der Waals surface area contributed by atoms with E-state index in [4.69, 9.17) is 0 Å². The molecular formula is C29H59N7O4. The molecule has 0 aliphatic heterocycles. The van der Waals surface area contributed by atoms with Gasteiger partial charge in [0.1, 0.15) is 5.78 Å². The lowest BCUT2D eigenvalue weighted by Gasteiger charge is -2.24. The Labute approximate surface area is 243 Å². The van der Waals surface area contributed by atoms with Crippen LogP contribution in [0.1, 0.15) is 66.7 Å². The summed E-state index contributed by atoms with van der Waals surface area (Å²) in [6, 6.07) is 0. The van der Waals surface area contributed by atoms with Crippen LogP contribution in [0.2, 0.25) is 0 Å². The van der Waals surface area contributed by atoms with E-state index >= 15 is 0 Å². The molecule has 0 aromatic carbocycles. The van der Waals surface area contributed by atoms with Crippen LogP contribution in [0.5, 0.6) is 0 Å². The van der Waals surface area contributed by atoms with E-state index in [-0.39, 0.29) is 23.5 Å². The van der Waals surface area contributed by atoms with Crippen molar-refractivity contribution in [3.05, 3.63) is 0 Å². The van der Waals surface area contributed by atoms with Crippen LogP contribution in [-0.4, -0.2) is 142 Å². The number of carbonyl (C=O) groups excluding carboxylic acids is 4. The standard InChI is InChI=1S/C29H59N7O4/c1-7-15-30-27(38)14-21-36(18-11-26(5)37)23-17-32-28(39)12-19-34(9-3)22-16-31-29(40)13-20-35(10-4)25-24-33(6)8-2/h7-25H2,1-6H3,(H,30,38)(H,31,40)(H,32,39). The number of nitrogens with one attached hydrogen (secondary N) is 3. The Kier molecular flexibility index (Phi) is 23.4. The molecule has 234 valence electrons. The topological polar surface area (TPSA) is 117 Å². The van der Waals surface area contributed by atoms with Crippen LogP contribution in [0.4, 0.5) is 0 Å². The Morgan fingerprint density at radius 2 is 0.925 bits per heavy atom. The van der Waals surface area contributed by atoms with Crippen LogP contribution in [0, 0.1) is 0 Å². The van der Waals surface area contributed by atoms with Crippen molar-refractivity contribution in [2.24, 2.45) is 0 Å². The van der Waals surface area contributed by atoms with E-state index in [9.17, 15) is 19.2 Å². The molecule has 0 aliphatic rings. The first-order valence-electron chi connectivity index (χ1n) is 15.3. The van der Waals surface area contributed by atoms with Gasteiger partial charge in [-0.3, -0.25) is 19.2 Å². The van der Waals surface area contributed by atoms with Gasteiger partial charge >= 0.3 is 0 Å². The zero-order valence-corrected chi connectivity index (χ0v) is 26.4. The van der Waals surface area contributed by atoms with Gasteiger partial charge in [-0.05, 0) is 40.0 Å². The summed E-state index contributed by atoms with van der Waals surface area (Å²) >= 11 is 0. The van der Waals surface area contributed by atoms with Crippen molar-refractivity contribution in [2.45, 2.75) is 66.7 Å². The Morgan fingerprint density at radius 1 is 0.500 bits per heavy atom. The highest BCUT2D eigenvalue weighted by molar-refractivity contribution is 5.77. The maximum atomic E-state index is 12.4. The largest absolute Gasteiger partial charge is 0.356 e. The maximum absolute atomic E-state index is 12.4. The van der Waals surface area contributed by atoms with E-state index in [0.717, 1.165) is 45.7 Å². The van der Waals surface area contributed by atoms with E-state index in [1.807, 2.05) is 6.92 Å². The fourth-order valence-electron chi connectivity index (χ4n) is 3.99. The molecule has 11 nitrogen and oxygen atoms in total. The second kappa shape index (κ2) is 24.7. The maximum Gasteiger partial charge on any atom is 0.221 e. The molecule has 0 atom stereocenters. The number of likely N-dealkylation sites (N-methyl/N-ethyl adjacent to an activating group) is 3. The number of hydrogen-bond acceptors (Lipinski definition) is 8. The van der Waals surface area contributed by atoms with Crippen LogP contribution in [0.25, 0.3) is 0 Å². The molecule has 0 aliphatic carbocycles. The molecule has 0 aromatic heterocycles. The average molecular weight is 570 g/mol. The molecule has 0 aromatic rings. The molecular weight excluding hydrogens is 510 g/mol. The van der Waals surface area contributed by atoms with E-state index in [2.05, 4.69) is 63.4 Å². The lowest BCUT2D eigenvalue weighted by molar-refractivity contribution is -0.122. The lowest BCUT2D eigenvalue weighted by Crippen LogP contribution is -2.40. The molecule has 0 unspecified atom stereocenters. The van der Waals surface area contributed by atoms with Gasteiger partial charge in [0.05, 0.1) is 0 Å². The fourth-order valence-corrected chi connectivity index (χ4v) is 3.99. The molecule has 0 heterocycles. The van der Waals surface area contributed by atoms with E-state index in [1.165, 1.54) is 0 Å². The van der Waals surface area contributed by atoms with Crippen molar-refractivity contribution in [3.63, 3.8) is 0 Å². The highest BCUT2D eigenvalue weighted by Crippen LogP contribution is 1.97. The molecule has 3 amide bonds. The Morgan fingerprint density at radius 3 is 1.38 bits per heavy atom. The highest BCUT2D eigenvalue weighted by atomic mass is 16.2. The average Bonchev–Trinajstić information content (AvgIpc) is 2.94. The van der Waals surface area contributed by atoms with Gasteiger partial charge in [0, 0.05) is 97.7 Å². The first-order valence-corrected chi connectivity index (χ1v) is 15.3. The minimum Gasteiger partial charge on any atom is -0.356 e. The van der Waals surface area contributed by atoms with Gasteiger partial charge in [-0.15, -0.1) is 0 Å². The number of Topliss-reactive ketones (excluding diaryl/α,β-unsaturated/α-hetero) is 1. The molecule has 0 radical (unpaired) electrons. The quantitative estimate of drug-likeness (QED) is 0.140. The third-order valence-corrected chi connectivity index (χ3v) is 7.05. The predicted octanol–water partition coefficient (Wildman–Crippen LogP) is 0.792. The van der Waals surface area contributed by atoms with E-state index < -0.39 is 0 Å². The van der Waals surface area contributed by atoms with Gasteiger partial charge in [0.2, 0.25) is 17.7 Å². The number of amides is 3. The molecule has 0 saturated heterocycles. The van der Waals surface area contributed by atoms with Gasteiger partial charge in [-0.1, -0.05) is 27.7 Å². The van der Waals surface area contributed by atoms with Crippen LogP contribution < -0.4 is 16.0 Å². The molecule has 11 heteroatoms. The summed E-state index contributed by atoms with van der Waals surface area (Å²) in [6.07, 6.45) is 2.57. The fraction of sp³-hybridized carbons (Fsp3) is 0.862. The third-order valence-electron chi connectivity index (χ3n) is 7.05. The molecule has 0 saturated carbocycles. The second-order valence-electron chi connectivity index (χ2n) is 10.4. The van der Waals surface area contributed by atoms with Crippen molar-refractivity contribution in [2.75, 3.05) is 98.7 Å². The number of nitrogens with zero attached hydrogens (tertiary/aromatic N) is 4. The molecule has 0 spiro atoms. The monoisotopic (exact) mass is 569 g/mol. The summed E-state index contributed by atoms with van der Waals surface area (Å²) in [7, 11) is 2.11. The number of ketones is 1. The second-order valence-corrected chi connectivity index (χ2v) is 10.4. The Hall–Kier alpha value is -2.08. The molecule has 0 rings (SSSR count). The summed E-state index contributed by atoms with van der Waals surface area (Å²) < 4.78 is 0.